The first kappa shape index (κ1) is 14.8. The predicted molar refractivity (Wildman–Crippen MR) is 99.5 cm³/mol. The molecule has 1 aliphatic rings. The molecule has 0 radical (unpaired) electrons. The van der Waals surface area contributed by atoms with Gasteiger partial charge in [0.2, 0.25) is 5.91 Å². The number of nitrogens with one attached hydrogen (secondary N) is 2. The van der Waals surface area contributed by atoms with Crippen LogP contribution in [0, 0.1) is 0 Å². The zero-order valence-electron chi connectivity index (χ0n) is 14.0. The topological polar surface area (TPSA) is 46.1 Å². The molecule has 1 amide bonds. The van der Waals surface area contributed by atoms with Gasteiger partial charge in [0.05, 0.1) is 11.4 Å². The monoisotopic (exact) mass is 319 g/mol. The number of carbonyl (C=O) groups excluding carboxylic acids is 1. The molecule has 0 saturated carbocycles. The van der Waals surface area contributed by atoms with Gasteiger partial charge in [0.1, 0.15) is 0 Å². The van der Waals surface area contributed by atoms with Crippen molar-refractivity contribution in [2.24, 2.45) is 0 Å². The molecule has 0 saturated heterocycles. The van der Waals surface area contributed by atoms with Gasteiger partial charge in [-0.2, -0.15) is 0 Å². The number of hydrogen-bond donors (Lipinski definition) is 2. The minimum Gasteiger partial charge on any atom is -0.382 e. The van der Waals surface area contributed by atoms with E-state index in [4.69, 9.17) is 0 Å². The number of amides is 1. The highest BCUT2D eigenvalue weighted by Crippen LogP contribution is 2.37. The molecule has 0 fully saturated rings. The third-order valence-electron chi connectivity index (χ3n) is 4.58. The zero-order chi connectivity index (χ0) is 16.7. The van der Waals surface area contributed by atoms with Crippen LogP contribution in [0.25, 0.3) is 22.0 Å². The summed E-state index contributed by atoms with van der Waals surface area (Å²) in [6.45, 7) is 5.04. The summed E-state index contributed by atoms with van der Waals surface area (Å²) in [6, 6.07) is 15.2. The van der Waals surface area contributed by atoms with E-state index in [2.05, 4.69) is 65.6 Å². The second-order valence-corrected chi connectivity index (χ2v) is 6.54. The Morgan fingerprint density at radius 1 is 1.12 bits per heavy atom. The Kier molecular flexibility index (Phi) is 3.53. The highest BCUT2D eigenvalue weighted by molar-refractivity contribution is 6.00. The van der Waals surface area contributed by atoms with Gasteiger partial charge in [-0.3, -0.25) is 4.79 Å². The first-order valence-corrected chi connectivity index (χ1v) is 8.41. The lowest BCUT2D eigenvalue weighted by Crippen LogP contribution is -2.10. The van der Waals surface area contributed by atoms with Crippen LogP contribution in [0.5, 0.6) is 0 Å². The molecule has 0 aliphatic carbocycles. The molecular formula is C20H21N3O. The average Bonchev–Trinajstić information content (AvgIpc) is 2.89. The van der Waals surface area contributed by atoms with Crippen LogP contribution >= 0.6 is 0 Å². The predicted octanol–water partition coefficient (Wildman–Crippen LogP) is 4.64. The average molecular weight is 319 g/mol. The molecule has 4 nitrogen and oxygen atoms in total. The van der Waals surface area contributed by atoms with Gasteiger partial charge in [-0.1, -0.05) is 18.2 Å². The third-order valence-corrected chi connectivity index (χ3v) is 4.58. The summed E-state index contributed by atoms with van der Waals surface area (Å²) in [5, 5.41) is 7.62. The molecule has 4 heteroatoms. The second kappa shape index (κ2) is 5.71. The maximum absolute atomic E-state index is 11.8. The molecule has 1 aromatic heterocycles. The molecule has 3 aromatic rings. The zero-order valence-corrected chi connectivity index (χ0v) is 14.0. The Morgan fingerprint density at radius 3 is 2.83 bits per heavy atom. The molecule has 0 spiro atoms. The second-order valence-electron chi connectivity index (χ2n) is 6.54. The molecule has 0 atom stereocenters. The van der Waals surface area contributed by atoms with E-state index in [0.29, 0.717) is 19.0 Å². The van der Waals surface area contributed by atoms with E-state index in [9.17, 15) is 4.79 Å². The highest BCUT2D eigenvalue weighted by Gasteiger charge is 2.16. The molecule has 0 bridgehead atoms. The highest BCUT2D eigenvalue weighted by atomic mass is 16.1. The van der Waals surface area contributed by atoms with Crippen LogP contribution in [-0.2, 0) is 4.79 Å². The molecule has 24 heavy (non-hydrogen) atoms. The van der Waals surface area contributed by atoms with Crippen molar-refractivity contribution in [1.29, 1.82) is 0 Å². The molecule has 122 valence electrons. The van der Waals surface area contributed by atoms with Gasteiger partial charge in [-0.15, -0.1) is 0 Å². The molecular weight excluding hydrogens is 298 g/mol. The van der Waals surface area contributed by atoms with E-state index in [-0.39, 0.29) is 5.91 Å². The Balaban J connectivity index is 1.83. The van der Waals surface area contributed by atoms with Crippen LogP contribution < -0.4 is 10.6 Å². The number of para-hydroxylation sites is 1. The lowest BCUT2D eigenvalue weighted by Gasteiger charge is -2.14. The van der Waals surface area contributed by atoms with Crippen molar-refractivity contribution in [3.8, 4) is 11.1 Å². The quantitative estimate of drug-likeness (QED) is 0.722. The number of benzene rings is 2. The third kappa shape index (κ3) is 2.44. The van der Waals surface area contributed by atoms with Crippen LogP contribution in [0.1, 0.15) is 26.3 Å². The van der Waals surface area contributed by atoms with Crippen molar-refractivity contribution in [3.63, 3.8) is 0 Å². The van der Waals surface area contributed by atoms with Crippen molar-refractivity contribution in [2.45, 2.75) is 26.3 Å². The maximum atomic E-state index is 11.8. The smallest absolute Gasteiger partial charge is 0.226 e. The summed E-state index contributed by atoms with van der Waals surface area (Å²) in [5.41, 5.74) is 5.39. The van der Waals surface area contributed by atoms with Gasteiger partial charge in [-0.25, -0.2) is 0 Å². The first-order chi connectivity index (χ1) is 11.6. The van der Waals surface area contributed by atoms with Gasteiger partial charge in [0.25, 0.3) is 0 Å². The Morgan fingerprint density at radius 2 is 2.00 bits per heavy atom. The number of fused-ring (bicyclic) bond motifs is 2. The van der Waals surface area contributed by atoms with Crippen LogP contribution in [0.4, 0.5) is 11.4 Å². The van der Waals surface area contributed by atoms with Gasteiger partial charge >= 0.3 is 0 Å². The SMILES string of the molecule is CC(C)n1ccc2cc(-c3cccc4c3NCCC(=O)N4)ccc21. The van der Waals surface area contributed by atoms with Gasteiger partial charge in [-0.05, 0) is 43.7 Å². The number of hydrogen-bond acceptors (Lipinski definition) is 2. The van der Waals surface area contributed by atoms with E-state index >= 15 is 0 Å². The van der Waals surface area contributed by atoms with Gasteiger partial charge < -0.3 is 15.2 Å². The normalized spacial score (nSPS) is 14.2. The van der Waals surface area contributed by atoms with E-state index in [1.165, 1.54) is 10.9 Å². The van der Waals surface area contributed by atoms with Gasteiger partial charge in [0, 0.05) is 41.7 Å². The van der Waals surface area contributed by atoms with E-state index in [0.717, 1.165) is 22.5 Å². The van der Waals surface area contributed by atoms with E-state index in [1.807, 2.05) is 12.1 Å². The number of aromatic nitrogens is 1. The minimum atomic E-state index is 0.0582. The molecule has 4 rings (SSSR count). The number of nitrogens with zero attached hydrogens (tertiary/aromatic N) is 1. The molecule has 2 heterocycles. The fourth-order valence-electron chi connectivity index (χ4n) is 3.38. The first-order valence-electron chi connectivity index (χ1n) is 8.41. The van der Waals surface area contributed by atoms with Crippen LogP contribution in [0.2, 0.25) is 0 Å². The summed E-state index contributed by atoms with van der Waals surface area (Å²) in [6.07, 6.45) is 2.63. The summed E-state index contributed by atoms with van der Waals surface area (Å²) >= 11 is 0. The summed E-state index contributed by atoms with van der Waals surface area (Å²) in [7, 11) is 0. The van der Waals surface area contributed by atoms with Crippen molar-refractivity contribution in [1.82, 2.24) is 4.57 Å². The van der Waals surface area contributed by atoms with Crippen LogP contribution in [-0.4, -0.2) is 17.0 Å². The number of carbonyl (C=O) groups is 1. The van der Waals surface area contributed by atoms with Crippen molar-refractivity contribution in [3.05, 3.63) is 48.7 Å². The standard InChI is InChI=1S/C20H21N3O/c1-13(2)23-11-9-15-12-14(6-7-18(15)23)16-4-3-5-17-20(16)21-10-8-19(24)22-17/h3-7,9,11-13,21H,8,10H2,1-2H3,(H,22,24). The van der Waals surface area contributed by atoms with Crippen LogP contribution in [0.3, 0.4) is 0 Å². The van der Waals surface area contributed by atoms with Gasteiger partial charge in [0.15, 0.2) is 0 Å². The molecule has 0 unspecified atom stereocenters. The van der Waals surface area contributed by atoms with Crippen molar-refractivity contribution >= 4 is 28.2 Å². The molecule has 2 N–H and O–H groups in total. The lowest BCUT2D eigenvalue weighted by atomic mass is 10.0. The summed E-state index contributed by atoms with van der Waals surface area (Å²) in [4.78, 5) is 11.8. The van der Waals surface area contributed by atoms with E-state index < -0.39 is 0 Å². The van der Waals surface area contributed by atoms with Crippen molar-refractivity contribution in [2.75, 3.05) is 17.2 Å². The number of rotatable bonds is 2. The van der Waals surface area contributed by atoms with Crippen molar-refractivity contribution < 1.29 is 4.79 Å². The maximum Gasteiger partial charge on any atom is 0.226 e. The Hall–Kier alpha value is -2.75. The fourth-order valence-corrected chi connectivity index (χ4v) is 3.38. The summed E-state index contributed by atoms with van der Waals surface area (Å²) < 4.78 is 2.28. The molecule has 2 aromatic carbocycles. The fraction of sp³-hybridized carbons (Fsp3) is 0.250. The summed E-state index contributed by atoms with van der Waals surface area (Å²) in [5.74, 6) is 0.0582. The Labute approximate surface area is 141 Å². The lowest BCUT2D eigenvalue weighted by molar-refractivity contribution is -0.115. The number of anilines is 2. The van der Waals surface area contributed by atoms with Crippen LogP contribution in [0.15, 0.2) is 48.7 Å². The minimum absolute atomic E-state index is 0.0582. The Bertz CT molecular complexity index is 924. The largest absolute Gasteiger partial charge is 0.382 e. The van der Waals surface area contributed by atoms with E-state index in [1.54, 1.807) is 0 Å². The molecule has 1 aliphatic heterocycles.